The van der Waals surface area contributed by atoms with Crippen molar-refractivity contribution in [3.8, 4) is 0 Å². The van der Waals surface area contributed by atoms with Crippen LogP contribution in [0.1, 0.15) is 47.0 Å². The number of carbonyl (C=O) groups excluding carboxylic acids is 1. The maximum atomic E-state index is 12.5. The summed E-state index contributed by atoms with van der Waals surface area (Å²) in [6, 6.07) is 1.67. The summed E-state index contributed by atoms with van der Waals surface area (Å²) in [6.45, 7) is 2.01. The molecule has 0 saturated heterocycles. The van der Waals surface area contributed by atoms with E-state index in [9.17, 15) is 13.2 Å². The molecule has 2 aromatic heterocycles. The second-order valence-electron chi connectivity index (χ2n) is 6.35. The first-order chi connectivity index (χ1) is 11.9. The number of rotatable bonds is 5. The molecule has 0 bridgehead atoms. The Labute approximate surface area is 151 Å². The van der Waals surface area contributed by atoms with Gasteiger partial charge in [-0.1, -0.05) is 0 Å². The molecule has 136 valence electrons. The van der Waals surface area contributed by atoms with Crippen LogP contribution >= 0.6 is 11.3 Å². The zero-order valence-electron chi connectivity index (χ0n) is 14.2. The standard InChI is InChI=1S/C16H22N4O3S2/c1-11-8-18-20(9-11)13-5-3-12(4-6-13)19-25(22,23)14-7-15(24-10-14)16(21)17-2/h7-10,12-13,19H,3-6H2,1-2H3,(H,17,21). The van der Waals surface area contributed by atoms with Gasteiger partial charge in [0.15, 0.2) is 0 Å². The highest BCUT2D eigenvalue weighted by molar-refractivity contribution is 7.89. The molecule has 2 aromatic rings. The van der Waals surface area contributed by atoms with E-state index < -0.39 is 10.0 Å². The fourth-order valence-electron chi connectivity index (χ4n) is 3.08. The molecule has 9 heteroatoms. The van der Waals surface area contributed by atoms with Gasteiger partial charge in [-0.05, 0) is 44.2 Å². The second kappa shape index (κ2) is 7.27. The minimum atomic E-state index is -3.60. The van der Waals surface area contributed by atoms with Crippen LogP contribution in [0.2, 0.25) is 0 Å². The first-order valence-electron chi connectivity index (χ1n) is 8.23. The molecule has 1 fully saturated rings. The molecule has 25 heavy (non-hydrogen) atoms. The quantitative estimate of drug-likeness (QED) is 0.828. The monoisotopic (exact) mass is 382 g/mol. The van der Waals surface area contributed by atoms with Gasteiger partial charge >= 0.3 is 0 Å². The third kappa shape index (κ3) is 4.10. The molecule has 0 radical (unpaired) electrons. The molecule has 1 aliphatic carbocycles. The van der Waals surface area contributed by atoms with E-state index >= 15 is 0 Å². The van der Waals surface area contributed by atoms with Crippen LogP contribution in [-0.2, 0) is 10.0 Å². The predicted octanol–water partition coefficient (Wildman–Crippen LogP) is 2.07. The summed E-state index contributed by atoms with van der Waals surface area (Å²) in [7, 11) is -2.08. The molecule has 2 heterocycles. The van der Waals surface area contributed by atoms with Crippen LogP contribution in [-0.4, -0.2) is 37.2 Å². The fourth-order valence-corrected chi connectivity index (χ4v) is 5.60. The number of amides is 1. The normalized spacial score (nSPS) is 21.2. The highest BCUT2D eigenvalue weighted by atomic mass is 32.2. The smallest absolute Gasteiger partial charge is 0.261 e. The van der Waals surface area contributed by atoms with Gasteiger partial charge in [-0.15, -0.1) is 11.3 Å². The van der Waals surface area contributed by atoms with Crippen LogP contribution in [0.15, 0.2) is 28.7 Å². The molecular weight excluding hydrogens is 360 g/mol. The molecule has 0 atom stereocenters. The summed E-state index contributed by atoms with van der Waals surface area (Å²) in [5.41, 5.74) is 1.13. The summed E-state index contributed by atoms with van der Waals surface area (Å²) in [4.78, 5) is 12.1. The highest BCUT2D eigenvalue weighted by Crippen LogP contribution is 2.29. The Bertz CT molecular complexity index is 848. The number of hydrogen-bond donors (Lipinski definition) is 2. The van der Waals surface area contributed by atoms with E-state index in [1.165, 1.54) is 18.5 Å². The van der Waals surface area contributed by atoms with Gasteiger partial charge in [0.05, 0.1) is 22.0 Å². The van der Waals surface area contributed by atoms with Crippen LogP contribution in [0.25, 0.3) is 0 Å². The average molecular weight is 383 g/mol. The lowest BCUT2D eigenvalue weighted by Gasteiger charge is -2.29. The summed E-state index contributed by atoms with van der Waals surface area (Å²) >= 11 is 1.13. The molecule has 7 nitrogen and oxygen atoms in total. The SMILES string of the molecule is CNC(=O)c1cc(S(=O)(=O)NC2CCC(n3cc(C)cn3)CC2)cs1. The van der Waals surface area contributed by atoms with Gasteiger partial charge in [-0.3, -0.25) is 9.48 Å². The number of nitrogens with zero attached hydrogens (tertiary/aromatic N) is 2. The molecule has 2 N–H and O–H groups in total. The van der Waals surface area contributed by atoms with Gasteiger partial charge in [0, 0.05) is 24.7 Å². The van der Waals surface area contributed by atoms with E-state index in [-0.39, 0.29) is 16.8 Å². The summed E-state index contributed by atoms with van der Waals surface area (Å²) in [5, 5.41) is 8.36. The van der Waals surface area contributed by atoms with Crippen molar-refractivity contribution in [1.29, 1.82) is 0 Å². The van der Waals surface area contributed by atoms with Crippen LogP contribution < -0.4 is 10.0 Å². The van der Waals surface area contributed by atoms with Crippen molar-refractivity contribution in [3.05, 3.63) is 34.3 Å². The van der Waals surface area contributed by atoms with Crippen molar-refractivity contribution in [1.82, 2.24) is 19.8 Å². The summed E-state index contributed by atoms with van der Waals surface area (Å²) in [5.74, 6) is -0.276. The second-order valence-corrected chi connectivity index (χ2v) is 8.98. The van der Waals surface area contributed by atoms with E-state index in [1.807, 2.05) is 24.0 Å². The lowest BCUT2D eigenvalue weighted by Crippen LogP contribution is -2.37. The molecule has 0 aromatic carbocycles. The summed E-state index contributed by atoms with van der Waals surface area (Å²) in [6.07, 6.45) is 7.20. The number of nitrogens with one attached hydrogen (secondary N) is 2. The Morgan fingerprint density at radius 3 is 2.64 bits per heavy atom. The maximum Gasteiger partial charge on any atom is 0.261 e. The first kappa shape index (κ1) is 18.1. The molecular formula is C16H22N4O3S2. The number of hydrogen-bond acceptors (Lipinski definition) is 5. The van der Waals surface area contributed by atoms with Crippen LogP contribution in [0.5, 0.6) is 0 Å². The third-order valence-corrected chi connectivity index (χ3v) is 7.04. The lowest BCUT2D eigenvalue weighted by atomic mass is 9.92. The molecule has 1 aliphatic rings. The number of aromatic nitrogens is 2. The largest absolute Gasteiger partial charge is 0.354 e. The van der Waals surface area contributed by atoms with Crippen molar-refractivity contribution in [2.24, 2.45) is 0 Å². The Morgan fingerprint density at radius 2 is 2.04 bits per heavy atom. The van der Waals surface area contributed by atoms with Crippen molar-refractivity contribution < 1.29 is 13.2 Å². The van der Waals surface area contributed by atoms with Crippen molar-refractivity contribution in [3.63, 3.8) is 0 Å². The number of carbonyl (C=O) groups is 1. The van der Waals surface area contributed by atoms with Gasteiger partial charge in [-0.25, -0.2) is 13.1 Å². The van der Waals surface area contributed by atoms with Crippen molar-refractivity contribution in [2.45, 2.75) is 49.6 Å². The van der Waals surface area contributed by atoms with Crippen molar-refractivity contribution >= 4 is 27.3 Å². The maximum absolute atomic E-state index is 12.5. The summed E-state index contributed by atoms with van der Waals surface area (Å²) < 4.78 is 29.8. The van der Waals surface area contributed by atoms with Crippen LogP contribution in [0.3, 0.4) is 0 Å². The van der Waals surface area contributed by atoms with Gasteiger partial charge in [0.25, 0.3) is 5.91 Å². The van der Waals surface area contributed by atoms with Crippen molar-refractivity contribution in [2.75, 3.05) is 7.05 Å². The topological polar surface area (TPSA) is 93.1 Å². The highest BCUT2D eigenvalue weighted by Gasteiger charge is 2.27. The fraction of sp³-hybridized carbons (Fsp3) is 0.500. The molecule has 1 saturated carbocycles. The Morgan fingerprint density at radius 1 is 1.32 bits per heavy atom. The van der Waals surface area contributed by atoms with Gasteiger partial charge < -0.3 is 5.32 Å². The van der Waals surface area contributed by atoms with E-state index in [0.29, 0.717) is 10.9 Å². The predicted molar refractivity (Wildman–Crippen MR) is 96.3 cm³/mol. The van der Waals surface area contributed by atoms with Gasteiger partial charge in [0.2, 0.25) is 10.0 Å². The van der Waals surface area contributed by atoms with Crippen LogP contribution in [0.4, 0.5) is 0 Å². The van der Waals surface area contributed by atoms with E-state index in [1.54, 1.807) is 0 Å². The third-order valence-electron chi connectivity index (χ3n) is 4.46. The Hall–Kier alpha value is -1.71. The number of thiophene rings is 1. The first-order valence-corrected chi connectivity index (χ1v) is 10.6. The Balaban J connectivity index is 1.61. The average Bonchev–Trinajstić information content (AvgIpc) is 3.24. The van der Waals surface area contributed by atoms with Crippen LogP contribution in [0, 0.1) is 6.92 Å². The number of aryl methyl sites for hydroxylation is 1. The number of sulfonamides is 1. The van der Waals surface area contributed by atoms with Gasteiger partial charge in [-0.2, -0.15) is 5.10 Å². The van der Waals surface area contributed by atoms with E-state index in [4.69, 9.17) is 0 Å². The van der Waals surface area contributed by atoms with E-state index in [0.717, 1.165) is 42.6 Å². The zero-order valence-corrected chi connectivity index (χ0v) is 15.9. The Kier molecular flexibility index (Phi) is 5.26. The zero-order chi connectivity index (χ0) is 18.0. The molecule has 1 amide bonds. The minimum Gasteiger partial charge on any atom is -0.354 e. The van der Waals surface area contributed by atoms with Gasteiger partial charge in [0.1, 0.15) is 0 Å². The molecule has 0 spiro atoms. The lowest BCUT2D eigenvalue weighted by molar-refractivity contribution is 0.0967. The molecule has 3 rings (SSSR count). The molecule has 0 unspecified atom stereocenters. The van der Waals surface area contributed by atoms with E-state index in [2.05, 4.69) is 15.1 Å². The molecule has 0 aliphatic heterocycles. The minimum absolute atomic E-state index is 0.0822.